The highest BCUT2D eigenvalue weighted by atomic mass is 32.2. The molecule has 5 nitrogen and oxygen atoms in total. The average Bonchev–Trinajstić information content (AvgIpc) is 3.08. The number of carbonyl (C=O) groups is 1. The third kappa shape index (κ3) is 5.20. The molecule has 0 spiro atoms. The van der Waals surface area contributed by atoms with Crippen LogP contribution in [0.3, 0.4) is 0 Å². The van der Waals surface area contributed by atoms with E-state index in [1.165, 1.54) is 17.3 Å². The molecule has 0 aliphatic heterocycles. The Bertz CT molecular complexity index is 845. The highest BCUT2D eigenvalue weighted by Gasteiger charge is 2.11. The maximum absolute atomic E-state index is 12.0. The molecule has 0 radical (unpaired) electrons. The number of nitrogens with one attached hydrogen (secondary N) is 1. The van der Waals surface area contributed by atoms with Gasteiger partial charge in [-0.25, -0.2) is 0 Å². The van der Waals surface area contributed by atoms with Gasteiger partial charge in [-0.15, -0.1) is 16.9 Å². The SMILES string of the molecule is CC(C)c1ccc(Cc2nnc(NC(=O)CSc3ccccc3)o2)cc1. The van der Waals surface area contributed by atoms with Gasteiger partial charge in [0.1, 0.15) is 0 Å². The fourth-order valence-electron chi connectivity index (χ4n) is 2.39. The van der Waals surface area contributed by atoms with Crippen LogP contribution in [0.1, 0.15) is 36.8 Å². The summed E-state index contributed by atoms with van der Waals surface area (Å²) in [5.74, 6) is 1.10. The van der Waals surface area contributed by atoms with Crippen molar-refractivity contribution in [2.75, 3.05) is 11.1 Å². The van der Waals surface area contributed by atoms with Gasteiger partial charge in [-0.05, 0) is 29.2 Å². The van der Waals surface area contributed by atoms with Crippen molar-refractivity contribution in [3.8, 4) is 0 Å². The number of rotatable bonds is 7. The maximum atomic E-state index is 12.0. The van der Waals surface area contributed by atoms with Crippen LogP contribution in [0, 0.1) is 0 Å². The number of carbonyl (C=O) groups excluding carboxylic acids is 1. The van der Waals surface area contributed by atoms with Crippen molar-refractivity contribution in [3.63, 3.8) is 0 Å². The fourth-order valence-corrected chi connectivity index (χ4v) is 3.11. The van der Waals surface area contributed by atoms with Gasteiger partial charge in [-0.1, -0.05) is 61.4 Å². The van der Waals surface area contributed by atoms with Gasteiger partial charge in [0.2, 0.25) is 11.8 Å². The molecule has 6 heteroatoms. The van der Waals surface area contributed by atoms with E-state index in [1.807, 2.05) is 30.3 Å². The van der Waals surface area contributed by atoms with Crippen molar-refractivity contribution >= 4 is 23.7 Å². The lowest BCUT2D eigenvalue weighted by atomic mass is 10.0. The van der Waals surface area contributed by atoms with Crippen LogP contribution in [-0.4, -0.2) is 21.9 Å². The van der Waals surface area contributed by atoms with E-state index in [9.17, 15) is 4.79 Å². The van der Waals surface area contributed by atoms with E-state index in [-0.39, 0.29) is 11.9 Å². The van der Waals surface area contributed by atoms with E-state index < -0.39 is 0 Å². The van der Waals surface area contributed by atoms with Gasteiger partial charge in [-0.2, -0.15) is 0 Å². The van der Waals surface area contributed by atoms with Crippen LogP contribution in [0.25, 0.3) is 0 Å². The van der Waals surface area contributed by atoms with E-state index in [4.69, 9.17) is 4.42 Å². The Morgan fingerprint density at radius 3 is 2.50 bits per heavy atom. The molecule has 1 N–H and O–H groups in total. The van der Waals surface area contributed by atoms with Crippen LogP contribution in [0.2, 0.25) is 0 Å². The number of hydrogen-bond acceptors (Lipinski definition) is 5. The topological polar surface area (TPSA) is 68.0 Å². The Morgan fingerprint density at radius 2 is 1.81 bits per heavy atom. The molecule has 26 heavy (non-hydrogen) atoms. The number of benzene rings is 2. The summed E-state index contributed by atoms with van der Waals surface area (Å²) in [5, 5.41) is 10.5. The zero-order valence-corrected chi connectivity index (χ0v) is 15.6. The molecule has 1 aromatic heterocycles. The van der Waals surface area contributed by atoms with Gasteiger partial charge in [0.15, 0.2) is 0 Å². The Morgan fingerprint density at radius 1 is 1.08 bits per heavy atom. The van der Waals surface area contributed by atoms with E-state index in [0.29, 0.717) is 24.0 Å². The summed E-state index contributed by atoms with van der Waals surface area (Å²) in [5.41, 5.74) is 2.39. The highest BCUT2D eigenvalue weighted by Crippen LogP contribution is 2.19. The summed E-state index contributed by atoms with van der Waals surface area (Å²) >= 11 is 1.46. The van der Waals surface area contributed by atoms with Crippen molar-refractivity contribution < 1.29 is 9.21 Å². The molecule has 0 atom stereocenters. The number of thioether (sulfide) groups is 1. The molecule has 0 unspecified atom stereocenters. The van der Waals surface area contributed by atoms with Crippen molar-refractivity contribution in [2.45, 2.75) is 31.1 Å². The molecule has 0 aliphatic carbocycles. The predicted octanol–water partition coefficient (Wildman–Crippen LogP) is 4.51. The first kappa shape index (κ1) is 18.2. The number of amides is 1. The van der Waals surface area contributed by atoms with Crippen LogP contribution in [0.15, 0.2) is 63.9 Å². The number of anilines is 1. The van der Waals surface area contributed by atoms with E-state index in [0.717, 1.165) is 10.5 Å². The minimum Gasteiger partial charge on any atom is -0.407 e. The van der Waals surface area contributed by atoms with Gasteiger partial charge in [0.05, 0.1) is 12.2 Å². The molecule has 3 aromatic rings. The number of hydrogen-bond donors (Lipinski definition) is 1. The second-order valence-corrected chi connectivity index (χ2v) is 7.27. The van der Waals surface area contributed by atoms with Crippen molar-refractivity contribution in [1.29, 1.82) is 0 Å². The van der Waals surface area contributed by atoms with E-state index >= 15 is 0 Å². The molecule has 2 aromatic carbocycles. The smallest absolute Gasteiger partial charge is 0.322 e. The first-order valence-corrected chi connectivity index (χ1v) is 9.47. The molecular formula is C20H21N3O2S. The summed E-state index contributed by atoms with van der Waals surface area (Å²) in [6, 6.07) is 18.2. The Hall–Kier alpha value is -2.60. The van der Waals surface area contributed by atoms with Crippen LogP contribution in [0.4, 0.5) is 6.01 Å². The van der Waals surface area contributed by atoms with Crippen LogP contribution in [-0.2, 0) is 11.2 Å². The molecule has 1 amide bonds. The highest BCUT2D eigenvalue weighted by molar-refractivity contribution is 8.00. The zero-order chi connectivity index (χ0) is 18.4. The fraction of sp³-hybridized carbons (Fsp3) is 0.250. The molecule has 0 saturated carbocycles. The molecule has 0 fully saturated rings. The normalized spacial score (nSPS) is 10.9. The van der Waals surface area contributed by atoms with Gasteiger partial charge >= 0.3 is 6.01 Å². The quantitative estimate of drug-likeness (QED) is 0.622. The second kappa shape index (κ2) is 8.67. The van der Waals surface area contributed by atoms with E-state index in [2.05, 4.69) is 53.6 Å². The Balaban J connectivity index is 1.51. The third-order valence-electron chi connectivity index (χ3n) is 3.83. The maximum Gasteiger partial charge on any atom is 0.322 e. The summed E-state index contributed by atoms with van der Waals surface area (Å²) in [6.45, 7) is 4.33. The van der Waals surface area contributed by atoms with Gasteiger partial charge in [-0.3, -0.25) is 10.1 Å². The molecule has 0 bridgehead atoms. The van der Waals surface area contributed by atoms with Crippen molar-refractivity contribution in [3.05, 3.63) is 71.6 Å². The Labute approximate surface area is 157 Å². The third-order valence-corrected chi connectivity index (χ3v) is 4.84. The zero-order valence-electron chi connectivity index (χ0n) is 14.8. The van der Waals surface area contributed by atoms with Gasteiger partial charge in [0.25, 0.3) is 0 Å². The molecule has 1 heterocycles. The monoisotopic (exact) mass is 367 g/mol. The summed E-state index contributed by atoms with van der Waals surface area (Å²) in [6.07, 6.45) is 0.542. The Kier molecular flexibility index (Phi) is 6.07. The first-order valence-electron chi connectivity index (χ1n) is 8.49. The minimum atomic E-state index is -0.171. The van der Waals surface area contributed by atoms with Crippen molar-refractivity contribution in [1.82, 2.24) is 10.2 Å². The first-order chi connectivity index (χ1) is 12.6. The number of aromatic nitrogens is 2. The average molecular weight is 367 g/mol. The summed E-state index contributed by atoms with van der Waals surface area (Å²) in [7, 11) is 0. The molecule has 0 aliphatic rings. The predicted molar refractivity (Wildman–Crippen MR) is 103 cm³/mol. The van der Waals surface area contributed by atoms with Crippen LogP contribution < -0.4 is 5.32 Å². The minimum absolute atomic E-state index is 0.137. The standard InChI is InChI=1S/C20H21N3O2S/c1-14(2)16-10-8-15(9-11-16)12-19-22-23-20(25-19)21-18(24)13-26-17-6-4-3-5-7-17/h3-11,14H,12-13H2,1-2H3,(H,21,23,24). The van der Waals surface area contributed by atoms with E-state index in [1.54, 1.807) is 0 Å². The van der Waals surface area contributed by atoms with Crippen molar-refractivity contribution in [2.24, 2.45) is 0 Å². The van der Waals surface area contributed by atoms with Gasteiger partial charge < -0.3 is 4.42 Å². The largest absolute Gasteiger partial charge is 0.407 e. The van der Waals surface area contributed by atoms with Crippen LogP contribution >= 0.6 is 11.8 Å². The van der Waals surface area contributed by atoms with Crippen LogP contribution in [0.5, 0.6) is 0 Å². The lowest BCUT2D eigenvalue weighted by Crippen LogP contribution is -2.14. The summed E-state index contributed by atoms with van der Waals surface area (Å²) in [4.78, 5) is 13.0. The molecule has 134 valence electrons. The second-order valence-electron chi connectivity index (χ2n) is 6.22. The van der Waals surface area contributed by atoms with Gasteiger partial charge in [0, 0.05) is 4.90 Å². The lowest BCUT2D eigenvalue weighted by molar-refractivity contribution is -0.113. The lowest BCUT2D eigenvalue weighted by Gasteiger charge is -2.05. The molecule has 3 rings (SSSR count). The molecule has 0 saturated heterocycles. The number of nitrogens with zero attached hydrogens (tertiary/aromatic N) is 2. The summed E-state index contributed by atoms with van der Waals surface area (Å²) < 4.78 is 5.52. The molecular weight excluding hydrogens is 346 g/mol.